The van der Waals surface area contributed by atoms with E-state index >= 15 is 0 Å². The average Bonchev–Trinajstić information content (AvgIpc) is 2.66. The number of nitrogens with zero attached hydrogens (tertiary/aromatic N) is 1. The Kier molecular flexibility index (Phi) is 7.42. The van der Waals surface area contributed by atoms with Crippen molar-refractivity contribution in [3.8, 4) is 5.75 Å². The highest BCUT2D eigenvalue weighted by Crippen LogP contribution is 2.41. The van der Waals surface area contributed by atoms with Crippen LogP contribution in [0.2, 0.25) is 5.02 Å². The quantitative estimate of drug-likeness (QED) is 0.278. The van der Waals surface area contributed by atoms with Gasteiger partial charge in [-0.3, -0.25) is 9.79 Å². The summed E-state index contributed by atoms with van der Waals surface area (Å²) in [6.45, 7) is 3.30. The number of aliphatic imine (C=N–C) groups is 1. The van der Waals surface area contributed by atoms with Crippen molar-refractivity contribution in [3.63, 3.8) is 0 Å². The number of carbonyl (C=O) groups is 2. The van der Waals surface area contributed by atoms with Crippen molar-refractivity contribution in [3.05, 3.63) is 33.4 Å². The molecule has 1 aliphatic heterocycles. The van der Waals surface area contributed by atoms with Crippen molar-refractivity contribution < 1.29 is 32.6 Å². The molecule has 1 aromatic rings. The van der Waals surface area contributed by atoms with Gasteiger partial charge in [0.1, 0.15) is 11.8 Å². The molecule has 0 fully saturated rings. The van der Waals surface area contributed by atoms with Gasteiger partial charge in [0, 0.05) is 17.1 Å². The number of halogens is 4. The van der Waals surface area contributed by atoms with Crippen LogP contribution in [0.25, 0.3) is 6.08 Å². The van der Waals surface area contributed by atoms with E-state index in [1.807, 2.05) is 0 Å². The molecule has 2 rings (SSSR count). The number of benzene rings is 1. The number of nitrogens with two attached hydrogens (primary N) is 2. The number of alkyl halides is 3. The van der Waals surface area contributed by atoms with Gasteiger partial charge in [0.15, 0.2) is 5.96 Å². The molecule has 0 radical (unpaired) electrons. The van der Waals surface area contributed by atoms with E-state index in [2.05, 4.69) is 10.3 Å². The zero-order valence-corrected chi connectivity index (χ0v) is 17.5. The Morgan fingerprint density at radius 2 is 2.00 bits per heavy atom. The number of aliphatic carboxylic acids is 1. The molecule has 12 heteroatoms. The van der Waals surface area contributed by atoms with Crippen LogP contribution in [0.4, 0.5) is 13.2 Å². The maximum Gasteiger partial charge on any atom is 0.429 e. The molecule has 0 bridgehead atoms. The van der Waals surface area contributed by atoms with Crippen LogP contribution in [0.5, 0.6) is 5.75 Å². The first-order chi connectivity index (χ1) is 14.3. The number of guanidine groups is 1. The molecule has 0 spiro atoms. The number of carboxylic acids is 1. The molecule has 0 saturated carbocycles. The Morgan fingerprint density at radius 1 is 1.35 bits per heavy atom. The highest BCUT2D eigenvalue weighted by atomic mass is 35.5. The molecule has 1 unspecified atom stereocenters. The zero-order valence-electron chi connectivity index (χ0n) is 16.7. The molecule has 31 heavy (non-hydrogen) atoms. The predicted molar refractivity (Wildman–Crippen MR) is 109 cm³/mol. The molecule has 1 heterocycles. The van der Waals surface area contributed by atoms with Crippen molar-refractivity contribution in [1.29, 1.82) is 0 Å². The molecule has 8 nitrogen and oxygen atoms in total. The first-order valence-electron chi connectivity index (χ1n) is 9.16. The fourth-order valence-corrected chi connectivity index (χ4v) is 3.22. The third-order valence-corrected chi connectivity index (χ3v) is 5.21. The second kappa shape index (κ2) is 9.46. The van der Waals surface area contributed by atoms with Gasteiger partial charge >= 0.3 is 12.1 Å². The van der Waals surface area contributed by atoms with Gasteiger partial charge in [-0.2, -0.15) is 13.2 Å². The summed E-state index contributed by atoms with van der Waals surface area (Å²) in [4.78, 5) is 27.8. The minimum absolute atomic E-state index is 0.0645. The maximum atomic E-state index is 13.6. The van der Waals surface area contributed by atoms with Crippen LogP contribution in [-0.2, 0) is 9.59 Å². The molecule has 0 aliphatic carbocycles. The number of amides is 1. The first kappa shape index (κ1) is 24.3. The zero-order chi connectivity index (χ0) is 23.5. The summed E-state index contributed by atoms with van der Waals surface area (Å²) in [5.41, 5.74) is 10.8. The van der Waals surface area contributed by atoms with Gasteiger partial charge in [-0.1, -0.05) is 11.6 Å². The number of nitrogens with one attached hydrogen (secondary N) is 1. The van der Waals surface area contributed by atoms with E-state index in [4.69, 9.17) is 27.8 Å². The minimum Gasteiger partial charge on any atom is -0.480 e. The van der Waals surface area contributed by atoms with Crippen molar-refractivity contribution in [2.75, 3.05) is 6.54 Å². The topological polar surface area (TPSA) is 140 Å². The third kappa shape index (κ3) is 5.81. The largest absolute Gasteiger partial charge is 0.480 e. The number of ether oxygens (including phenoxy) is 1. The third-order valence-electron chi connectivity index (χ3n) is 4.63. The number of carbonyl (C=O) groups excluding carboxylic acids is 1. The van der Waals surface area contributed by atoms with Gasteiger partial charge in [-0.25, -0.2) is 4.79 Å². The second-order valence-corrected chi connectivity index (χ2v) is 7.37. The van der Waals surface area contributed by atoms with E-state index in [1.54, 1.807) is 13.8 Å². The summed E-state index contributed by atoms with van der Waals surface area (Å²) < 4.78 is 46.0. The Bertz CT molecular complexity index is 943. The maximum absolute atomic E-state index is 13.6. The van der Waals surface area contributed by atoms with Crippen LogP contribution in [0.1, 0.15) is 29.5 Å². The van der Waals surface area contributed by atoms with Crippen LogP contribution in [0.15, 0.2) is 16.6 Å². The van der Waals surface area contributed by atoms with Crippen molar-refractivity contribution >= 4 is 35.5 Å². The molecule has 1 aliphatic rings. The van der Waals surface area contributed by atoms with E-state index < -0.39 is 35.8 Å². The van der Waals surface area contributed by atoms with Crippen LogP contribution in [0, 0.1) is 13.8 Å². The number of hydrogen-bond donors (Lipinski definition) is 4. The first-order valence-corrected chi connectivity index (χ1v) is 9.54. The molecular weight excluding hydrogens is 441 g/mol. The van der Waals surface area contributed by atoms with Gasteiger partial charge in [-0.05, 0) is 50.0 Å². The van der Waals surface area contributed by atoms with Crippen LogP contribution in [0.3, 0.4) is 0 Å². The van der Waals surface area contributed by atoms with E-state index in [9.17, 15) is 27.9 Å². The van der Waals surface area contributed by atoms with Crippen LogP contribution >= 0.6 is 11.6 Å². The normalized spacial score (nSPS) is 16.5. The highest BCUT2D eigenvalue weighted by Gasteiger charge is 2.49. The van der Waals surface area contributed by atoms with Gasteiger partial charge < -0.3 is 26.6 Å². The number of hydrogen-bond acceptors (Lipinski definition) is 4. The van der Waals surface area contributed by atoms with Crippen LogP contribution in [-0.4, -0.2) is 47.8 Å². The van der Waals surface area contributed by atoms with Crippen molar-refractivity contribution in [1.82, 2.24) is 5.32 Å². The Labute approximate surface area is 181 Å². The minimum atomic E-state index is -4.91. The SMILES string of the molecule is Cc1cc2c(c(C)c1Cl)C=C(C(=O)NC(CCCN=C(N)N)C(=O)O)[C@@H](C(F)(F)F)O2. The number of carboxylic acid groups (broad SMARTS) is 1. The van der Waals surface area contributed by atoms with E-state index in [1.165, 1.54) is 6.07 Å². The fraction of sp³-hybridized carbons (Fsp3) is 0.421. The fourth-order valence-electron chi connectivity index (χ4n) is 3.07. The van der Waals surface area contributed by atoms with E-state index in [0.717, 1.165) is 6.08 Å². The standard InChI is InChI=1S/C19H22ClF3N4O4/c1-8-6-13-10(9(2)14(8)20)7-11(15(31-13)19(21,22)23)16(28)27-12(17(29)30)4-3-5-26-18(24)25/h6-7,12,15H,3-5H2,1-2H3,(H,27,28)(H,29,30)(H4,24,25,26)/t12?,15-/m0/s1. The summed E-state index contributed by atoms with van der Waals surface area (Å²) in [5, 5.41) is 11.8. The van der Waals surface area contributed by atoms with Crippen molar-refractivity contribution in [2.45, 2.75) is 45.0 Å². The van der Waals surface area contributed by atoms with E-state index in [-0.39, 0.29) is 36.7 Å². The molecule has 0 saturated heterocycles. The van der Waals surface area contributed by atoms with Crippen LogP contribution < -0.4 is 21.5 Å². The average molecular weight is 463 g/mol. The summed E-state index contributed by atoms with van der Waals surface area (Å²) in [7, 11) is 0. The number of fused-ring (bicyclic) bond motifs is 1. The second-order valence-electron chi connectivity index (χ2n) is 7.00. The lowest BCUT2D eigenvalue weighted by Crippen LogP contribution is -2.47. The molecule has 1 aromatic carbocycles. The lowest BCUT2D eigenvalue weighted by molar-refractivity contribution is -0.185. The summed E-state index contributed by atoms with van der Waals surface area (Å²) in [6, 6.07) is -0.0845. The van der Waals surface area contributed by atoms with Crippen molar-refractivity contribution in [2.24, 2.45) is 16.5 Å². The highest BCUT2D eigenvalue weighted by molar-refractivity contribution is 6.32. The van der Waals surface area contributed by atoms with Gasteiger partial charge in [0.2, 0.25) is 6.10 Å². The Balaban J connectivity index is 2.35. The van der Waals surface area contributed by atoms with Gasteiger partial charge in [-0.15, -0.1) is 0 Å². The molecule has 170 valence electrons. The molecule has 2 atom stereocenters. The Hall–Kier alpha value is -2.95. The van der Waals surface area contributed by atoms with Gasteiger partial charge in [0.25, 0.3) is 5.91 Å². The van der Waals surface area contributed by atoms with E-state index in [0.29, 0.717) is 16.1 Å². The van der Waals surface area contributed by atoms with Gasteiger partial charge in [0.05, 0.1) is 5.57 Å². The predicted octanol–water partition coefficient (Wildman–Crippen LogP) is 2.29. The smallest absolute Gasteiger partial charge is 0.429 e. The lowest BCUT2D eigenvalue weighted by Gasteiger charge is -2.30. The summed E-state index contributed by atoms with van der Waals surface area (Å²) in [5.74, 6) is -2.87. The number of rotatable bonds is 7. The summed E-state index contributed by atoms with van der Waals surface area (Å²) >= 11 is 6.17. The Morgan fingerprint density at radius 3 is 2.55 bits per heavy atom. The molecule has 1 amide bonds. The molecule has 6 N–H and O–H groups in total. The number of aryl methyl sites for hydroxylation is 1. The molecule has 0 aromatic heterocycles. The molecular formula is C19H22ClF3N4O4. The summed E-state index contributed by atoms with van der Waals surface area (Å²) in [6.07, 6.45) is -6.34. The lowest BCUT2D eigenvalue weighted by atomic mass is 9.95. The monoisotopic (exact) mass is 462 g/mol.